The second-order valence-electron chi connectivity index (χ2n) is 6.26. The van der Waals surface area contributed by atoms with Gasteiger partial charge in [-0.3, -0.25) is 0 Å². The zero-order valence-electron chi connectivity index (χ0n) is 14.4. The molecule has 0 spiro atoms. The maximum Gasteiger partial charge on any atom is 0.338 e. The zero-order chi connectivity index (χ0) is 17.6. The number of anilines is 1. The third-order valence-electron chi connectivity index (χ3n) is 4.46. The van der Waals surface area contributed by atoms with Gasteiger partial charge in [0.05, 0.1) is 32.5 Å². The van der Waals surface area contributed by atoms with E-state index in [0.29, 0.717) is 23.7 Å². The Hall–Kier alpha value is -2.37. The molecular weight excluding hydrogens is 318 g/mol. The van der Waals surface area contributed by atoms with Crippen LogP contribution in [0.2, 0.25) is 0 Å². The van der Waals surface area contributed by atoms with Crippen LogP contribution in [0.5, 0.6) is 0 Å². The lowest BCUT2D eigenvalue weighted by molar-refractivity contribution is 0.0597. The van der Waals surface area contributed by atoms with E-state index < -0.39 is 5.97 Å². The minimum atomic E-state index is -0.422. The number of esters is 1. The van der Waals surface area contributed by atoms with Crippen molar-refractivity contribution in [2.45, 2.75) is 13.2 Å². The quantitative estimate of drug-likeness (QED) is 0.785. The van der Waals surface area contributed by atoms with Crippen LogP contribution >= 0.6 is 0 Å². The number of hydrogen-bond donors (Lipinski definition) is 1. The molecule has 1 aliphatic heterocycles. The molecule has 0 radical (unpaired) electrons. The van der Waals surface area contributed by atoms with Crippen LogP contribution in [-0.4, -0.2) is 37.9 Å². The van der Waals surface area contributed by atoms with Crippen molar-refractivity contribution in [2.24, 2.45) is 5.92 Å². The van der Waals surface area contributed by atoms with Crippen molar-refractivity contribution < 1.29 is 19.4 Å². The van der Waals surface area contributed by atoms with Gasteiger partial charge < -0.3 is 19.5 Å². The maximum atomic E-state index is 11.8. The molecule has 1 aliphatic rings. The first-order valence-electron chi connectivity index (χ1n) is 8.40. The molecule has 5 heteroatoms. The Morgan fingerprint density at radius 1 is 1.20 bits per heavy atom. The third-order valence-corrected chi connectivity index (χ3v) is 4.46. The van der Waals surface area contributed by atoms with Crippen LogP contribution in [0.4, 0.5) is 5.69 Å². The lowest BCUT2D eigenvalue weighted by atomic mass is 9.98. The molecule has 0 aromatic heterocycles. The summed E-state index contributed by atoms with van der Waals surface area (Å²) in [5.74, 6) is 0.0666. The van der Waals surface area contributed by atoms with Crippen LogP contribution in [0.1, 0.15) is 21.5 Å². The largest absolute Gasteiger partial charge is 0.465 e. The van der Waals surface area contributed by atoms with E-state index in [-0.39, 0.29) is 6.61 Å². The third kappa shape index (κ3) is 4.18. The van der Waals surface area contributed by atoms with Gasteiger partial charge in [0.2, 0.25) is 0 Å². The summed E-state index contributed by atoms with van der Waals surface area (Å²) in [5, 5.41) is 9.36. The number of hydrogen-bond acceptors (Lipinski definition) is 5. The first kappa shape index (κ1) is 17.5. The first-order chi connectivity index (χ1) is 12.2. The lowest BCUT2D eigenvalue weighted by Gasteiger charge is -2.41. The minimum absolute atomic E-state index is 0.180. The van der Waals surface area contributed by atoms with E-state index in [0.717, 1.165) is 25.4 Å². The van der Waals surface area contributed by atoms with Gasteiger partial charge in [0, 0.05) is 24.7 Å². The smallest absolute Gasteiger partial charge is 0.338 e. The Morgan fingerprint density at radius 3 is 2.64 bits per heavy atom. The van der Waals surface area contributed by atoms with Gasteiger partial charge in [-0.25, -0.2) is 4.79 Å². The highest BCUT2D eigenvalue weighted by Gasteiger charge is 2.28. The standard InChI is InChI=1S/C20H23NO4/c1-24-20(23)19-9-18(8-7-17(19)12-22)21-10-16(11-21)14-25-13-15-5-3-2-4-6-15/h2-9,16,22H,10-14H2,1H3. The Balaban J connectivity index is 1.51. The number of ether oxygens (including phenoxy) is 2. The van der Waals surface area contributed by atoms with Gasteiger partial charge in [0.15, 0.2) is 0 Å². The van der Waals surface area contributed by atoms with E-state index in [4.69, 9.17) is 9.47 Å². The van der Waals surface area contributed by atoms with Crippen LogP contribution in [0, 0.1) is 5.92 Å². The van der Waals surface area contributed by atoms with E-state index in [1.54, 1.807) is 12.1 Å². The van der Waals surface area contributed by atoms with Crippen molar-refractivity contribution >= 4 is 11.7 Å². The van der Waals surface area contributed by atoms with E-state index in [1.807, 2.05) is 24.3 Å². The lowest BCUT2D eigenvalue weighted by Crippen LogP contribution is -2.48. The maximum absolute atomic E-state index is 11.8. The highest BCUT2D eigenvalue weighted by molar-refractivity contribution is 5.92. The van der Waals surface area contributed by atoms with E-state index >= 15 is 0 Å². The van der Waals surface area contributed by atoms with E-state index in [2.05, 4.69) is 17.0 Å². The second-order valence-corrected chi connectivity index (χ2v) is 6.26. The molecule has 1 heterocycles. The molecule has 5 nitrogen and oxygen atoms in total. The average Bonchev–Trinajstić information content (AvgIpc) is 2.63. The molecular formula is C20H23NO4. The summed E-state index contributed by atoms with van der Waals surface area (Å²) >= 11 is 0. The Bertz CT molecular complexity index is 711. The van der Waals surface area contributed by atoms with Crippen molar-refractivity contribution in [3.05, 3.63) is 65.2 Å². The summed E-state index contributed by atoms with van der Waals surface area (Å²) in [6.07, 6.45) is 0. The molecule has 132 valence electrons. The van der Waals surface area contributed by atoms with Gasteiger partial charge in [-0.05, 0) is 23.3 Å². The minimum Gasteiger partial charge on any atom is -0.465 e. The van der Waals surface area contributed by atoms with Crippen molar-refractivity contribution in [2.75, 3.05) is 31.7 Å². The van der Waals surface area contributed by atoms with Crippen LogP contribution in [0.15, 0.2) is 48.5 Å². The van der Waals surface area contributed by atoms with Crippen LogP contribution < -0.4 is 4.90 Å². The number of benzene rings is 2. The molecule has 1 fully saturated rings. The molecule has 25 heavy (non-hydrogen) atoms. The Kier molecular flexibility index (Phi) is 5.68. The molecule has 0 bridgehead atoms. The molecule has 2 aromatic carbocycles. The van der Waals surface area contributed by atoms with Gasteiger partial charge in [0.25, 0.3) is 0 Å². The fourth-order valence-electron chi connectivity index (χ4n) is 3.00. The van der Waals surface area contributed by atoms with Gasteiger partial charge in [0.1, 0.15) is 0 Å². The fourth-order valence-corrected chi connectivity index (χ4v) is 3.00. The SMILES string of the molecule is COC(=O)c1cc(N2CC(COCc3ccccc3)C2)ccc1CO. The zero-order valence-corrected chi connectivity index (χ0v) is 14.4. The number of methoxy groups -OCH3 is 1. The summed E-state index contributed by atoms with van der Waals surface area (Å²) in [6.45, 7) is 2.97. The van der Waals surface area contributed by atoms with E-state index in [9.17, 15) is 9.90 Å². The topological polar surface area (TPSA) is 59.0 Å². The summed E-state index contributed by atoms with van der Waals surface area (Å²) in [6, 6.07) is 15.6. The highest BCUT2D eigenvalue weighted by atomic mass is 16.5. The molecule has 0 aliphatic carbocycles. The summed E-state index contributed by atoms with van der Waals surface area (Å²) < 4.78 is 10.6. The monoisotopic (exact) mass is 341 g/mol. The number of carbonyl (C=O) groups is 1. The van der Waals surface area contributed by atoms with Crippen LogP contribution in [0.3, 0.4) is 0 Å². The first-order valence-corrected chi connectivity index (χ1v) is 8.40. The number of carbonyl (C=O) groups excluding carboxylic acids is 1. The highest BCUT2D eigenvalue weighted by Crippen LogP contribution is 2.27. The summed E-state index contributed by atoms with van der Waals surface area (Å²) in [5.41, 5.74) is 3.16. The second kappa shape index (κ2) is 8.14. The molecule has 2 aromatic rings. The molecule has 1 N–H and O–H groups in total. The van der Waals surface area contributed by atoms with Gasteiger partial charge in [-0.15, -0.1) is 0 Å². The number of rotatable bonds is 7. The predicted molar refractivity (Wildman–Crippen MR) is 95.5 cm³/mol. The van der Waals surface area contributed by atoms with Crippen LogP contribution in [-0.2, 0) is 22.7 Å². The predicted octanol–water partition coefficient (Wildman–Crippen LogP) is 2.62. The molecule has 0 unspecified atom stereocenters. The van der Waals surface area contributed by atoms with Crippen LogP contribution in [0.25, 0.3) is 0 Å². The van der Waals surface area contributed by atoms with Crippen molar-refractivity contribution in [1.29, 1.82) is 0 Å². The van der Waals surface area contributed by atoms with Gasteiger partial charge >= 0.3 is 5.97 Å². The molecule has 3 rings (SSSR count). The van der Waals surface area contributed by atoms with Crippen molar-refractivity contribution in [3.8, 4) is 0 Å². The van der Waals surface area contributed by atoms with Crippen molar-refractivity contribution in [1.82, 2.24) is 0 Å². The van der Waals surface area contributed by atoms with Crippen molar-refractivity contribution in [3.63, 3.8) is 0 Å². The summed E-state index contributed by atoms with van der Waals surface area (Å²) in [7, 11) is 1.35. The number of aliphatic hydroxyl groups is 1. The molecule has 1 saturated heterocycles. The average molecular weight is 341 g/mol. The number of aliphatic hydroxyl groups excluding tert-OH is 1. The Morgan fingerprint density at radius 2 is 1.96 bits per heavy atom. The van der Waals surface area contributed by atoms with E-state index in [1.165, 1.54) is 12.7 Å². The molecule has 0 amide bonds. The van der Waals surface area contributed by atoms with Gasteiger partial charge in [-0.2, -0.15) is 0 Å². The van der Waals surface area contributed by atoms with Gasteiger partial charge in [-0.1, -0.05) is 36.4 Å². The fraction of sp³-hybridized carbons (Fsp3) is 0.350. The molecule has 0 saturated carbocycles. The Labute approximate surface area is 147 Å². The normalized spacial score (nSPS) is 14.2. The molecule has 0 atom stereocenters. The number of nitrogens with zero attached hydrogens (tertiary/aromatic N) is 1. The summed E-state index contributed by atoms with van der Waals surface area (Å²) in [4.78, 5) is 14.0.